The van der Waals surface area contributed by atoms with Gasteiger partial charge in [-0.3, -0.25) is 25.5 Å². The summed E-state index contributed by atoms with van der Waals surface area (Å²) in [6.07, 6.45) is -5.46. The highest BCUT2D eigenvalue weighted by Crippen LogP contribution is 2.37. The summed E-state index contributed by atoms with van der Waals surface area (Å²) in [7, 11) is 0.297. The monoisotopic (exact) mass is 550 g/mol. The van der Waals surface area contributed by atoms with Crippen molar-refractivity contribution in [1.29, 1.82) is 0 Å². The Morgan fingerprint density at radius 1 is 1.17 bits per heavy atom. The van der Waals surface area contributed by atoms with Crippen molar-refractivity contribution in [1.82, 2.24) is 20.3 Å². The molecule has 198 valence electrons. The fourth-order valence-corrected chi connectivity index (χ4v) is 6.82. The van der Waals surface area contributed by atoms with Crippen LogP contribution < -0.4 is 27.0 Å². The van der Waals surface area contributed by atoms with Gasteiger partial charge in [0.25, 0.3) is 21.8 Å². The second-order valence-electron chi connectivity index (χ2n) is 7.65. The van der Waals surface area contributed by atoms with Crippen LogP contribution in [0.4, 0.5) is 18.2 Å². The Morgan fingerprint density at radius 2 is 1.81 bits per heavy atom. The number of alkyl halides is 3. The van der Waals surface area contributed by atoms with Gasteiger partial charge in [0, 0.05) is 0 Å². The van der Waals surface area contributed by atoms with E-state index in [1.54, 1.807) is 7.05 Å². The first-order chi connectivity index (χ1) is 16.8. The Bertz CT molecular complexity index is 1250. The van der Waals surface area contributed by atoms with Crippen molar-refractivity contribution in [3.8, 4) is 0 Å². The summed E-state index contributed by atoms with van der Waals surface area (Å²) in [6.45, 7) is -0.221. The van der Waals surface area contributed by atoms with E-state index in [0.717, 1.165) is 28.6 Å². The van der Waals surface area contributed by atoms with Crippen LogP contribution in [0.3, 0.4) is 0 Å². The molecule has 1 aromatic carbocycles. The van der Waals surface area contributed by atoms with Gasteiger partial charge in [0.1, 0.15) is 15.4 Å². The third kappa shape index (κ3) is 5.24. The number of rotatable bonds is 8. The number of benzene rings is 1. The molecule has 2 heterocycles. The van der Waals surface area contributed by atoms with Crippen molar-refractivity contribution in [2.45, 2.75) is 22.4 Å². The highest BCUT2D eigenvalue weighted by atomic mass is 32.2. The van der Waals surface area contributed by atoms with E-state index >= 15 is 0 Å². The largest absolute Gasteiger partial charge is 0.417 e. The molecule has 1 aliphatic rings. The Kier molecular flexibility index (Phi) is 8.09. The molecule has 2 amide bonds. The molecule has 0 bridgehead atoms. The number of primary amides is 1. The average Bonchev–Trinajstić information content (AvgIpc) is 3.28. The summed E-state index contributed by atoms with van der Waals surface area (Å²) >= 11 is 0.495. The number of carbonyl (C=O) groups excluding carboxylic acids is 2. The third-order valence-corrected chi connectivity index (χ3v) is 9.02. The minimum absolute atomic E-state index is 0.0867. The Hall–Kier alpha value is -2.60. The van der Waals surface area contributed by atoms with Gasteiger partial charge in [-0.1, -0.05) is 12.1 Å². The number of nitrogens with one attached hydrogen (secondary N) is 4. The maximum Gasteiger partial charge on any atom is 0.417 e. The number of hydrogen-bond donors (Lipinski definition) is 5. The van der Waals surface area contributed by atoms with E-state index in [0.29, 0.717) is 11.3 Å². The van der Waals surface area contributed by atoms with E-state index < -0.39 is 51.2 Å². The second-order valence-corrected chi connectivity index (χ2v) is 10.8. The fraction of sp³-hybridized carbons (Fsp3) is 0.400. The zero-order valence-electron chi connectivity index (χ0n) is 19.4. The van der Waals surface area contributed by atoms with Gasteiger partial charge in [0.05, 0.1) is 29.8 Å². The number of halogens is 3. The predicted octanol–water partition coefficient (Wildman–Crippen LogP) is 0.777. The summed E-state index contributed by atoms with van der Waals surface area (Å²) in [5.74, 6) is -3.61. The van der Waals surface area contributed by atoms with E-state index in [9.17, 15) is 31.2 Å². The number of anilines is 1. The van der Waals surface area contributed by atoms with Gasteiger partial charge in [-0.15, -0.1) is 11.3 Å². The van der Waals surface area contributed by atoms with Crippen molar-refractivity contribution in [2.75, 3.05) is 39.6 Å². The van der Waals surface area contributed by atoms with Gasteiger partial charge in [-0.05, 0) is 39.3 Å². The van der Waals surface area contributed by atoms with Gasteiger partial charge >= 0.3 is 6.18 Å². The summed E-state index contributed by atoms with van der Waals surface area (Å²) in [4.78, 5) is 24.8. The standard InChI is InChI=1S/C20H25F3N6O5S2/c1-25-14-9-29(19(26-2,27-3)10-34-14)36(32,33)15-8-12(16(24)30)18(35-15)28-17(31)11-6-4-5-7-13(11)20(21,22)23/h4-8,14,25-27H,9-10H2,1-3H3,(H2,24,30)(H,28,31). The molecule has 3 rings (SSSR count). The van der Waals surface area contributed by atoms with Gasteiger partial charge in [-0.25, -0.2) is 8.42 Å². The van der Waals surface area contributed by atoms with Gasteiger partial charge < -0.3 is 15.8 Å². The predicted molar refractivity (Wildman–Crippen MR) is 126 cm³/mol. The second kappa shape index (κ2) is 10.4. The molecule has 16 heteroatoms. The number of carbonyl (C=O) groups is 2. The molecule has 2 aromatic rings. The minimum Gasteiger partial charge on any atom is -0.366 e. The van der Waals surface area contributed by atoms with Crippen LogP contribution in [0, 0.1) is 0 Å². The van der Waals surface area contributed by atoms with Gasteiger partial charge in [0.2, 0.25) is 0 Å². The summed E-state index contributed by atoms with van der Waals surface area (Å²) in [5, 5.41) is 10.5. The minimum atomic E-state index is -4.81. The number of morpholine rings is 1. The molecule has 11 nitrogen and oxygen atoms in total. The maximum absolute atomic E-state index is 13.7. The van der Waals surface area contributed by atoms with Crippen molar-refractivity contribution < 1.29 is 35.9 Å². The topological polar surface area (TPSA) is 155 Å². The molecule has 1 aromatic heterocycles. The van der Waals surface area contributed by atoms with E-state index in [1.165, 1.54) is 20.2 Å². The number of sulfonamides is 1. The third-order valence-electron chi connectivity index (χ3n) is 5.62. The Balaban J connectivity index is 2.04. The molecule has 1 fully saturated rings. The van der Waals surface area contributed by atoms with Crippen LogP contribution in [-0.4, -0.2) is 70.8 Å². The van der Waals surface area contributed by atoms with Crippen LogP contribution in [-0.2, 0) is 20.9 Å². The summed E-state index contributed by atoms with van der Waals surface area (Å²) < 4.78 is 73.8. The SMILES string of the molecule is CNC1CN(S(=O)(=O)c2cc(C(N)=O)c(NC(=O)c3ccccc3C(F)(F)F)s2)C(NC)(NC)CO1. The molecule has 6 N–H and O–H groups in total. The molecule has 1 atom stereocenters. The lowest BCUT2D eigenvalue weighted by Crippen LogP contribution is -2.74. The molecule has 0 radical (unpaired) electrons. The highest BCUT2D eigenvalue weighted by molar-refractivity contribution is 7.91. The first-order valence-electron chi connectivity index (χ1n) is 10.4. The quantitative estimate of drug-likeness (QED) is 0.302. The molecule has 0 aliphatic carbocycles. The van der Waals surface area contributed by atoms with E-state index in [2.05, 4.69) is 21.3 Å². The van der Waals surface area contributed by atoms with Crippen molar-refractivity contribution in [2.24, 2.45) is 5.73 Å². The van der Waals surface area contributed by atoms with E-state index in [4.69, 9.17) is 10.5 Å². The van der Waals surface area contributed by atoms with Crippen molar-refractivity contribution >= 4 is 38.2 Å². The molecular weight excluding hydrogens is 525 g/mol. The molecule has 36 heavy (non-hydrogen) atoms. The lowest BCUT2D eigenvalue weighted by molar-refractivity contribution is -0.137. The lowest BCUT2D eigenvalue weighted by atomic mass is 10.1. The number of hydrogen-bond acceptors (Lipinski definition) is 9. The number of thiophene rings is 1. The van der Waals surface area contributed by atoms with E-state index in [-0.39, 0.29) is 27.9 Å². The van der Waals surface area contributed by atoms with E-state index in [1.807, 2.05) is 0 Å². The van der Waals surface area contributed by atoms with Crippen LogP contribution in [0.15, 0.2) is 34.5 Å². The maximum atomic E-state index is 13.7. The number of ether oxygens (including phenoxy) is 1. The smallest absolute Gasteiger partial charge is 0.366 e. The number of likely N-dealkylation sites (N-methyl/N-ethyl adjacent to an activating group) is 3. The summed E-state index contributed by atoms with van der Waals surface area (Å²) in [6, 6.07) is 5.05. The normalized spacial score (nSPS) is 18.7. The zero-order valence-corrected chi connectivity index (χ0v) is 21.0. The fourth-order valence-electron chi connectivity index (χ4n) is 3.63. The van der Waals surface area contributed by atoms with Crippen molar-refractivity contribution in [3.05, 3.63) is 47.0 Å². The number of nitrogens with two attached hydrogens (primary N) is 1. The zero-order chi connectivity index (χ0) is 26.9. The molecule has 1 saturated heterocycles. The Labute approximate surface area is 209 Å². The molecule has 0 spiro atoms. The molecule has 0 saturated carbocycles. The molecular formula is C20H25F3N6O5S2. The number of amides is 2. The lowest BCUT2D eigenvalue weighted by Gasteiger charge is -2.47. The van der Waals surface area contributed by atoms with Crippen LogP contribution in [0.25, 0.3) is 0 Å². The first-order valence-corrected chi connectivity index (χ1v) is 12.7. The Morgan fingerprint density at radius 3 is 2.36 bits per heavy atom. The highest BCUT2D eigenvalue weighted by Gasteiger charge is 2.48. The van der Waals surface area contributed by atoms with Gasteiger partial charge in [0.15, 0.2) is 5.79 Å². The molecule has 1 unspecified atom stereocenters. The summed E-state index contributed by atoms with van der Waals surface area (Å²) in [5.41, 5.74) is 3.13. The number of nitrogens with zero attached hydrogens (tertiary/aromatic N) is 1. The van der Waals surface area contributed by atoms with Gasteiger partial charge in [-0.2, -0.15) is 17.5 Å². The van der Waals surface area contributed by atoms with Crippen LogP contribution in [0.5, 0.6) is 0 Å². The van der Waals surface area contributed by atoms with Crippen molar-refractivity contribution in [3.63, 3.8) is 0 Å². The average molecular weight is 551 g/mol. The van der Waals surface area contributed by atoms with Crippen LogP contribution in [0.1, 0.15) is 26.3 Å². The van der Waals surface area contributed by atoms with Crippen LogP contribution in [0.2, 0.25) is 0 Å². The van der Waals surface area contributed by atoms with Crippen LogP contribution >= 0.6 is 11.3 Å². The first kappa shape index (κ1) is 28.0. The molecule has 1 aliphatic heterocycles.